The van der Waals surface area contributed by atoms with Crippen molar-refractivity contribution in [3.63, 3.8) is 0 Å². The van der Waals surface area contributed by atoms with Gasteiger partial charge in [-0.3, -0.25) is 9.59 Å². The molecule has 1 N–H and O–H groups in total. The minimum Gasteiger partial charge on any atom is -0.341 e. The van der Waals surface area contributed by atoms with E-state index in [1.165, 1.54) is 12.1 Å². The number of halogens is 2. The normalized spacial score (nSPS) is 20.8. The first-order chi connectivity index (χ1) is 11.6. The monoisotopic (exact) mass is 369 g/mol. The molecule has 25 heavy (non-hydrogen) atoms. The van der Waals surface area contributed by atoms with Crippen LogP contribution in [-0.2, 0) is 16.0 Å². The first-order valence-corrected chi connectivity index (χ1v) is 8.65. The first-order valence-electron chi connectivity index (χ1n) is 8.65. The molecule has 138 valence electrons. The lowest BCUT2D eigenvalue weighted by molar-refractivity contribution is -0.135. The average molecular weight is 370 g/mol. The lowest BCUT2D eigenvalue weighted by Crippen LogP contribution is -2.40. The second-order valence-electron chi connectivity index (χ2n) is 6.56. The fourth-order valence-corrected chi connectivity index (χ4v) is 3.44. The molecule has 1 atom stereocenters. The van der Waals surface area contributed by atoms with Crippen molar-refractivity contribution in [2.24, 2.45) is 5.92 Å². The van der Waals surface area contributed by atoms with Crippen LogP contribution in [0.3, 0.4) is 0 Å². The van der Waals surface area contributed by atoms with Gasteiger partial charge in [-0.05, 0) is 37.1 Å². The van der Waals surface area contributed by atoms with Crippen molar-refractivity contribution in [2.75, 3.05) is 39.3 Å². The summed E-state index contributed by atoms with van der Waals surface area (Å²) in [6, 6.07) is 6.16. The maximum absolute atomic E-state index is 13.2. The van der Waals surface area contributed by atoms with E-state index in [4.69, 9.17) is 0 Å². The number of nitrogens with one attached hydrogen (secondary N) is 1. The zero-order valence-electron chi connectivity index (χ0n) is 14.2. The molecule has 1 aromatic carbocycles. The Kier molecular flexibility index (Phi) is 7.20. The Balaban J connectivity index is 0.00000225. The molecular formula is C18H25ClFN3O2. The molecule has 0 aromatic heterocycles. The summed E-state index contributed by atoms with van der Waals surface area (Å²) >= 11 is 0. The second kappa shape index (κ2) is 9.15. The van der Waals surface area contributed by atoms with Gasteiger partial charge in [0, 0.05) is 32.7 Å². The highest BCUT2D eigenvalue weighted by Crippen LogP contribution is 2.15. The molecular weight excluding hydrogens is 345 g/mol. The minimum absolute atomic E-state index is 0. The van der Waals surface area contributed by atoms with Gasteiger partial charge in [-0.25, -0.2) is 4.39 Å². The number of hydrogen-bond donors (Lipinski definition) is 1. The number of rotatable bonds is 3. The fourth-order valence-electron chi connectivity index (χ4n) is 3.44. The van der Waals surface area contributed by atoms with E-state index in [0.717, 1.165) is 25.9 Å². The summed E-state index contributed by atoms with van der Waals surface area (Å²) in [7, 11) is 0. The van der Waals surface area contributed by atoms with Gasteiger partial charge in [-0.2, -0.15) is 0 Å². The highest BCUT2D eigenvalue weighted by atomic mass is 35.5. The van der Waals surface area contributed by atoms with Crippen molar-refractivity contribution in [1.82, 2.24) is 15.1 Å². The number of amides is 2. The standard InChI is InChI=1S/C18H24FN3O2.ClH/c19-16-4-1-3-14(11-16)12-17(23)21-7-2-8-22(10-9-21)18(24)15-5-6-20-13-15;/h1,3-4,11,15,20H,2,5-10,12-13H2;1H. The van der Waals surface area contributed by atoms with Gasteiger partial charge in [-0.15, -0.1) is 12.4 Å². The second-order valence-corrected chi connectivity index (χ2v) is 6.56. The Morgan fingerprint density at radius 1 is 1.16 bits per heavy atom. The summed E-state index contributed by atoms with van der Waals surface area (Å²) < 4.78 is 13.2. The summed E-state index contributed by atoms with van der Waals surface area (Å²) in [5.74, 6) is -0.0329. The first kappa shape index (κ1) is 19.7. The van der Waals surface area contributed by atoms with E-state index < -0.39 is 0 Å². The van der Waals surface area contributed by atoms with E-state index in [2.05, 4.69) is 5.32 Å². The lowest BCUT2D eigenvalue weighted by Gasteiger charge is -2.24. The highest BCUT2D eigenvalue weighted by Gasteiger charge is 2.29. The summed E-state index contributed by atoms with van der Waals surface area (Å²) in [4.78, 5) is 28.6. The summed E-state index contributed by atoms with van der Waals surface area (Å²) in [6.07, 6.45) is 1.90. The largest absolute Gasteiger partial charge is 0.341 e. The Bertz CT molecular complexity index is 608. The molecule has 1 unspecified atom stereocenters. The maximum atomic E-state index is 13.2. The van der Waals surface area contributed by atoms with Gasteiger partial charge in [0.2, 0.25) is 11.8 Å². The van der Waals surface area contributed by atoms with Gasteiger partial charge in [0.25, 0.3) is 0 Å². The molecule has 0 saturated carbocycles. The Morgan fingerprint density at radius 3 is 2.64 bits per heavy atom. The van der Waals surface area contributed by atoms with Crippen LogP contribution in [0, 0.1) is 11.7 Å². The Morgan fingerprint density at radius 2 is 1.92 bits per heavy atom. The van der Waals surface area contributed by atoms with Crippen LogP contribution < -0.4 is 5.32 Å². The van der Waals surface area contributed by atoms with Crippen LogP contribution in [0.25, 0.3) is 0 Å². The molecule has 3 rings (SSSR count). The van der Waals surface area contributed by atoms with Crippen LogP contribution in [0.15, 0.2) is 24.3 Å². The van der Waals surface area contributed by atoms with Gasteiger partial charge < -0.3 is 15.1 Å². The summed E-state index contributed by atoms with van der Waals surface area (Å²) in [5.41, 5.74) is 0.689. The molecule has 1 aromatic rings. The maximum Gasteiger partial charge on any atom is 0.227 e. The molecule has 7 heteroatoms. The van der Waals surface area contributed by atoms with Crippen molar-refractivity contribution in [3.8, 4) is 0 Å². The van der Waals surface area contributed by atoms with Crippen LogP contribution in [0.1, 0.15) is 18.4 Å². The molecule has 0 aliphatic carbocycles. The van der Waals surface area contributed by atoms with E-state index in [1.807, 2.05) is 4.90 Å². The number of hydrogen-bond acceptors (Lipinski definition) is 3. The third-order valence-electron chi connectivity index (χ3n) is 4.81. The number of benzene rings is 1. The average Bonchev–Trinajstić information content (AvgIpc) is 2.98. The molecule has 0 bridgehead atoms. The predicted octanol–water partition coefficient (Wildman–Crippen LogP) is 1.46. The Hall–Kier alpha value is -1.66. The van der Waals surface area contributed by atoms with Crippen molar-refractivity contribution in [3.05, 3.63) is 35.6 Å². The topological polar surface area (TPSA) is 52.7 Å². The lowest BCUT2D eigenvalue weighted by atomic mass is 10.1. The van der Waals surface area contributed by atoms with Gasteiger partial charge in [0.05, 0.1) is 12.3 Å². The van der Waals surface area contributed by atoms with Crippen LogP contribution in [0.5, 0.6) is 0 Å². The van der Waals surface area contributed by atoms with Gasteiger partial charge >= 0.3 is 0 Å². The highest BCUT2D eigenvalue weighted by molar-refractivity contribution is 5.85. The smallest absolute Gasteiger partial charge is 0.227 e. The fraction of sp³-hybridized carbons (Fsp3) is 0.556. The van der Waals surface area contributed by atoms with Crippen LogP contribution in [-0.4, -0.2) is 60.9 Å². The van der Waals surface area contributed by atoms with E-state index in [-0.39, 0.29) is 42.4 Å². The van der Waals surface area contributed by atoms with Crippen molar-refractivity contribution >= 4 is 24.2 Å². The minimum atomic E-state index is -0.321. The van der Waals surface area contributed by atoms with Gasteiger partial charge in [0.1, 0.15) is 5.82 Å². The zero-order valence-corrected chi connectivity index (χ0v) is 15.1. The molecule has 2 saturated heterocycles. The molecule has 2 aliphatic rings. The molecule has 2 fully saturated rings. The van der Waals surface area contributed by atoms with E-state index >= 15 is 0 Å². The van der Waals surface area contributed by atoms with Crippen LogP contribution in [0.2, 0.25) is 0 Å². The third kappa shape index (κ3) is 5.16. The van der Waals surface area contributed by atoms with Gasteiger partial charge in [-0.1, -0.05) is 12.1 Å². The van der Waals surface area contributed by atoms with Crippen molar-refractivity contribution in [2.45, 2.75) is 19.3 Å². The van der Waals surface area contributed by atoms with Gasteiger partial charge in [0.15, 0.2) is 0 Å². The number of nitrogens with zero attached hydrogens (tertiary/aromatic N) is 2. The van der Waals surface area contributed by atoms with E-state index in [1.54, 1.807) is 17.0 Å². The molecule has 0 spiro atoms. The van der Waals surface area contributed by atoms with E-state index in [9.17, 15) is 14.0 Å². The van der Waals surface area contributed by atoms with Crippen molar-refractivity contribution < 1.29 is 14.0 Å². The molecule has 5 nitrogen and oxygen atoms in total. The molecule has 2 aliphatic heterocycles. The molecule has 2 amide bonds. The molecule has 0 radical (unpaired) electrons. The quantitative estimate of drug-likeness (QED) is 0.877. The zero-order chi connectivity index (χ0) is 16.9. The Labute approximate surface area is 154 Å². The predicted molar refractivity (Wildman–Crippen MR) is 96.1 cm³/mol. The molecule has 2 heterocycles. The van der Waals surface area contributed by atoms with Crippen molar-refractivity contribution in [1.29, 1.82) is 0 Å². The number of carbonyl (C=O) groups is 2. The third-order valence-corrected chi connectivity index (χ3v) is 4.81. The number of carbonyl (C=O) groups excluding carboxylic acids is 2. The van der Waals surface area contributed by atoms with Crippen LogP contribution >= 0.6 is 12.4 Å². The van der Waals surface area contributed by atoms with Crippen LogP contribution in [0.4, 0.5) is 4.39 Å². The SMILES string of the molecule is Cl.O=C(Cc1cccc(F)c1)N1CCCN(C(=O)C2CCNC2)CC1. The van der Waals surface area contributed by atoms with E-state index in [0.29, 0.717) is 31.7 Å². The summed E-state index contributed by atoms with van der Waals surface area (Å²) in [5, 5.41) is 3.22. The summed E-state index contributed by atoms with van der Waals surface area (Å²) in [6.45, 7) is 4.17.